The highest BCUT2D eigenvalue weighted by atomic mass is 14.9. The zero-order chi connectivity index (χ0) is 12.6. The summed E-state index contributed by atoms with van der Waals surface area (Å²) in [6, 6.07) is 5.04. The standard InChI is InChI=1S/C15H24N2/c1-10-7-12(3)13(8-11(10)2)14(17-4)15(9-16)5-6-15/h7-8,14,17H,5-6,9,16H2,1-4H3. The maximum absolute atomic E-state index is 5.96. The molecule has 1 fully saturated rings. The van der Waals surface area contributed by atoms with Gasteiger partial charge in [-0.3, -0.25) is 0 Å². The molecule has 0 heterocycles. The van der Waals surface area contributed by atoms with Gasteiger partial charge in [-0.25, -0.2) is 0 Å². The van der Waals surface area contributed by atoms with Crippen molar-refractivity contribution in [3.8, 4) is 0 Å². The van der Waals surface area contributed by atoms with E-state index in [0.717, 1.165) is 6.54 Å². The van der Waals surface area contributed by atoms with Crippen LogP contribution in [0.3, 0.4) is 0 Å². The molecular formula is C15H24N2. The number of aryl methyl sites for hydroxylation is 3. The van der Waals surface area contributed by atoms with Gasteiger partial charge in [-0.15, -0.1) is 0 Å². The van der Waals surface area contributed by atoms with Crippen LogP contribution in [0.2, 0.25) is 0 Å². The fourth-order valence-corrected chi connectivity index (χ4v) is 2.86. The Kier molecular flexibility index (Phi) is 3.28. The Balaban J connectivity index is 2.41. The summed E-state index contributed by atoms with van der Waals surface area (Å²) < 4.78 is 0. The van der Waals surface area contributed by atoms with E-state index in [2.05, 4.69) is 45.3 Å². The molecule has 1 unspecified atom stereocenters. The van der Waals surface area contributed by atoms with Crippen LogP contribution in [0.15, 0.2) is 12.1 Å². The van der Waals surface area contributed by atoms with Crippen LogP contribution >= 0.6 is 0 Å². The van der Waals surface area contributed by atoms with Crippen molar-refractivity contribution < 1.29 is 0 Å². The number of hydrogen-bond acceptors (Lipinski definition) is 2. The van der Waals surface area contributed by atoms with Gasteiger partial charge in [0.25, 0.3) is 0 Å². The zero-order valence-electron chi connectivity index (χ0n) is 11.4. The number of rotatable bonds is 4. The Morgan fingerprint density at radius 1 is 1.18 bits per heavy atom. The molecule has 2 rings (SSSR count). The summed E-state index contributed by atoms with van der Waals surface area (Å²) in [5.41, 5.74) is 11.8. The third kappa shape index (κ3) is 2.12. The molecule has 1 aromatic rings. The molecule has 2 heteroatoms. The second-order valence-electron chi connectivity index (χ2n) is 5.58. The first kappa shape index (κ1) is 12.6. The summed E-state index contributed by atoms with van der Waals surface area (Å²) >= 11 is 0. The number of benzene rings is 1. The zero-order valence-corrected chi connectivity index (χ0v) is 11.4. The number of nitrogens with two attached hydrogens (primary N) is 1. The van der Waals surface area contributed by atoms with E-state index in [-0.39, 0.29) is 0 Å². The van der Waals surface area contributed by atoms with Gasteiger partial charge >= 0.3 is 0 Å². The fraction of sp³-hybridized carbons (Fsp3) is 0.600. The van der Waals surface area contributed by atoms with Crippen LogP contribution in [0.1, 0.15) is 41.1 Å². The molecule has 0 spiro atoms. The summed E-state index contributed by atoms with van der Waals surface area (Å²) in [5, 5.41) is 3.48. The van der Waals surface area contributed by atoms with Crippen molar-refractivity contribution in [3.05, 3.63) is 34.4 Å². The van der Waals surface area contributed by atoms with Crippen molar-refractivity contribution >= 4 is 0 Å². The highest BCUT2D eigenvalue weighted by Gasteiger charge is 2.48. The monoisotopic (exact) mass is 232 g/mol. The van der Waals surface area contributed by atoms with Gasteiger partial charge in [-0.1, -0.05) is 12.1 Å². The van der Waals surface area contributed by atoms with Crippen LogP contribution in [-0.2, 0) is 0 Å². The molecule has 0 bridgehead atoms. The molecular weight excluding hydrogens is 208 g/mol. The van der Waals surface area contributed by atoms with E-state index < -0.39 is 0 Å². The molecule has 0 saturated heterocycles. The summed E-state index contributed by atoms with van der Waals surface area (Å²) in [6.45, 7) is 7.35. The summed E-state index contributed by atoms with van der Waals surface area (Å²) in [5.74, 6) is 0. The van der Waals surface area contributed by atoms with Gasteiger partial charge in [0.15, 0.2) is 0 Å². The van der Waals surface area contributed by atoms with Crippen molar-refractivity contribution in [2.24, 2.45) is 11.1 Å². The van der Waals surface area contributed by atoms with Gasteiger partial charge in [-0.2, -0.15) is 0 Å². The van der Waals surface area contributed by atoms with Gasteiger partial charge < -0.3 is 11.1 Å². The summed E-state index contributed by atoms with van der Waals surface area (Å²) in [4.78, 5) is 0. The van der Waals surface area contributed by atoms with Gasteiger partial charge in [0, 0.05) is 11.5 Å². The first-order valence-corrected chi connectivity index (χ1v) is 6.49. The second kappa shape index (κ2) is 4.43. The van der Waals surface area contributed by atoms with Gasteiger partial charge in [-0.05, 0) is 69.5 Å². The van der Waals surface area contributed by atoms with E-state index >= 15 is 0 Å². The Hall–Kier alpha value is -0.860. The SMILES string of the molecule is CNC(c1cc(C)c(C)cc1C)C1(CN)CC1. The maximum Gasteiger partial charge on any atom is 0.0389 e. The molecule has 0 radical (unpaired) electrons. The lowest BCUT2D eigenvalue weighted by molar-refractivity contribution is 0.365. The molecule has 94 valence electrons. The highest BCUT2D eigenvalue weighted by molar-refractivity contribution is 5.40. The fourth-order valence-electron chi connectivity index (χ4n) is 2.86. The van der Waals surface area contributed by atoms with Crippen molar-refractivity contribution in [1.82, 2.24) is 5.32 Å². The normalized spacial score (nSPS) is 19.1. The maximum atomic E-state index is 5.96. The predicted octanol–water partition coefficient (Wildman–Crippen LogP) is 2.61. The lowest BCUT2D eigenvalue weighted by Gasteiger charge is -2.28. The first-order valence-electron chi connectivity index (χ1n) is 6.49. The van der Waals surface area contributed by atoms with E-state index in [1.54, 1.807) is 0 Å². The molecule has 1 saturated carbocycles. The Labute approximate surface area is 105 Å². The van der Waals surface area contributed by atoms with Crippen LogP contribution in [0.25, 0.3) is 0 Å². The van der Waals surface area contributed by atoms with Gasteiger partial charge in [0.05, 0.1) is 0 Å². The Morgan fingerprint density at radius 2 is 1.76 bits per heavy atom. The molecule has 0 amide bonds. The Bertz CT molecular complexity index is 419. The van der Waals surface area contributed by atoms with Gasteiger partial charge in [0.1, 0.15) is 0 Å². The molecule has 2 nitrogen and oxygen atoms in total. The second-order valence-corrected chi connectivity index (χ2v) is 5.58. The predicted molar refractivity (Wildman–Crippen MR) is 73.2 cm³/mol. The minimum atomic E-state index is 0.307. The molecule has 0 aromatic heterocycles. The highest BCUT2D eigenvalue weighted by Crippen LogP contribution is 2.54. The topological polar surface area (TPSA) is 38.0 Å². The molecule has 1 aliphatic rings. The minimum Gasteiger partial charge on any atom is -0.330 e. The van der Waals surface area contributed by atoms with Crippen molar-refractivity contribution in [2.45, 2.75) is 39.7 Å². The van der Waals surface area contributed by atoms with Crippen LogP contribution in [0.4, 0.5) is 0 Å². The summed E-state index contributed by atoms with van der Waals surface area (Å²) in [6.07, 6.45) is 2.50. The third-order valence-corrected chi connectivity index (χ3v) is 4.39. The molecule has 1 atom stereocenters. The quantitative estimate of drug-likeness (QED) is 0.837. The van der Waals surface area contributed by atoms with Crippen LogP contribution < -0.4 is 11.1 Å². The van der Waals surface area contributed by atoms with Crippen LogP contribution in [0.5, 0.6) is 0 Å². The molecule has 1 aliphatic carbocycles. The van der Waals surface area contributed by atoms with E-state index in [1.165, 1.54) is 35.1 Å². The lowest BCUT2D eigenvalue weighted by Crippen LogP contribution is -2.32. The van der Waals surface area contributed by atoms with Crippen molar-refractivity contribution in [2.75, 3.05) is 13.6 Å². The molecule has 0 aliphatic heterocycles. The minimum absolute atomic E-state index is 0.307. The van der Waals surface area contributed by atoms with E-state index in [4.69, 9.17) is 5.73 Å². The van der Waals surface area contributed by atoms with Crippen LogP contribution in [-0.4, -0.2) is 13.6 Å². The average Bonchev–Trinajstić information content (AvgIpc) is 3.07. The van der Waals surface area contributed by atoms with Crippen molar-refractivity contribution in [3.63, 3.8) is 0 Å². The number of nitrogens with one attached hydrogen (secondary N) is 1. The van der Waals surface area contributed by atoms with Crippen molar-refractivity contribution in [1.29, 1.82) is 0 Å². The van der Waals surface area contributed by atoms with E-state index in [9.17, 15) is 0 Å². The smallest absolute Gasteiger partial charge is 0.0389 e. The number of hydrogen-bond donors (Lipinski definition) is 2. The molecule has 17 heavy (non-hydrogen) atoms. The van der Waals surface area contributed by atoms with E-state index in [1.807, 2.05) is 0 Å². The molecule has 3 N–H and O–H groups in total. The Morgan fingerprint density at radius 3 is 2.24 bits per heavy atom. The lowest BCUT2D eigenvalue weighted by atomic mass is 9.86. The third-order valence-electron chi connectivity index (χ3n) is 4.39. The average molecular weight is 232 g/mol. The van der Waals surface area contributed by atoms with E-state index in [0.29, 0.717) is 11.5 Å². The first-order chi connectivity index (χ1) is 8.04. The van der Waals surface area contributed by atoms with Crippen LogP contribution in [0, 0.1) is 26.2 Å². The largest absolute Gasteiger partial charge is 0.330 e. The molecule has 1 aromatic carbocycles. The summed E-state index contributed by atoms with van der Waals surface area (Å²) in [7, 11) is 2.05. The van der Waals surface area contributed by atoms with Gasteiger partial charge in [0.2, 0.25) is 0 Å².